The summed E-state index contributed by atoms with van der Waals surface area (Å²) in [6, 6.07) is 3.33. The quantitative estimate of drug-likeness (QED) is 0.749. The van der Waals surface area contributed by atoms with Crippen molar-refractivity contribution >= 4 is 23.7 Å². The number of nitrogens with zero attached hydrogens (tertiary/aromatic N) is 4. The number of amides is 3. The Morgan fingerprint density at radius 2 is 2.35 bits per heavy atom. The van der Waals surface area contributed by atoms with Gasteiger partial charge in [-0.3, -0.25) is 10.1 Å². The number of urea groups is 1. The molecule has 23 heavy (non-hydrogen) atoms. The molecule has 2 aromatic rings. The average molecular weight is 336 g/mol. The summed E-state index contributed by atoms with van der Waals surface area (Å²) in [7, 11) is 0. The SMILES string of the molecule is CC(Sc1nnnn1Cc1ccco1)C(=O)NC(=O)NC1CC1. The van der Waals surface area contributed by atoms with Gasteiger partial charge < -0.3 is 9.73 Å². The average Bonchev–Trinajstić information content (AvgIpc) is 2.99. The molecule has 0 bridgehead atoms. The van der Waals surface area contributed by atoms with Crippen LogP contribution >= 0.6 is 11.8 Å². The third kappa shape index (κ3) is 4.31. The van der Waals surface area contributed by atoms with Crippen LogP contribution in [0.25, 0.3) is 0 Å². The van der Waals surface area contributed by atoms with Crippen LogP contribution in [0.4, 0.5) is 4.79 Å². The summed E-state index contributed by atoms with van der Waals surface area (Å²) in [6.45, 7) is 2.06. The summed E-state index contributed by atoms with van der Waals surface area (Å²) < 4.78 is 6.79. The number of carbonyl (C=O) groups is 2. The fourth-order valence-corrected chi connectivity index (χ4v) is 2.59. The Bertz CT molecular complexity index is 682. The molecule has 1 aliphatic carbocycles. The summed E-state index contributed by atoms with van der Waals surface area (Å²) >= 11 is 1.18. The van der Waals surface area contributed by atoms with Crippen LogP contribution in [0.3, 0.4) is 0 Å². The smallest absolute Gasteiger partial charge is 0.321 e. The van der Waals surface area contributed by atoms with E-state index in [0.717, 1.165) is 12.8 Å². The molecule has 3 amide bonds. The zero-order valence-electron chi connectivity index (χ0n) is 12.4. The first kappa shape index (κ1) is 15.5. The van der Waals surface area contributed by atoms with E-state index in [-0.39, 0.29) is 11.9 Å². The molecule has 3 rings (SSSR count). The molecule has 1 atom stereocenters. The second-order valence-electron chi connectivity index (χ2n) is 5.20. The molecule has 1 aliphatic rings. The zero-order chi connectivity index (χ0) is 16.2. The van der Waals surface area contributed by atoms with Crippen molar-refractivity contribution < 1.29 is 14.0 Å². The van der Waals surface area contributed by atoms with Crippen LogP contribution in [-0.4, -0.2) is 43.4 Å². The molecule has 0 spiro atoms. The Kier molecular flexibility index (Phi) is 4.60. The van der Waals surface area contributed by atoms with E-state index in [0.29, 0.717) is 17.5 Å². The molecule has 2 heterocycles. The summed E-state index contributed by atoms with van der Waals surface area (Å²) in [5, 5.41) is 16.4. The van der Waals surface area contributed by atoms with Crippen LogP contribution in [0.2, 0.25) is 0 Å². The molecular weight excluding hydrogens is 320 g/mol. The van der Waals surface area contributed by atoms with Gasteiger partial charge in [0.2, 0.25) is 11.1 Å². The van der Waals surface area contributed by atoms with Crippen LogP contribution in [0.15, 0.2) is 28.0 Å². The van der Waals surface area contributed by atoms with Crippen molar-refractivity contribution in [2.24, 2.45) is 0 Å². The number of carbonyl (C=O) groups excluding carboxylic acids is 2. The minimum absolute atomic E-state index is 0.200. The second kappa shape index (κ2) is 6.82. The molecule has 1 unspecified atom stereocenters. The molecule has 10 heteroatoms. The number of hydrogen-bond donors (Lipinski definition) is 2. The predicted octanol–water partition coefficient (Wildman–Crippen LogP) is 0.783. The van der Waals surface area contributed by atoms with Gasteiger partial charge in [0, 0.05) is 6.04 Å². The van der Waals surface area contributed by atoms with Gasteiger partial charge in [-0.2, -0.15) is 0 Å². The Morgan fingerprint density at radius 1 is 1.52 bits per heavy atom. The number of furan rings is 1. The van der Waals surface area contributed by atoms with Gasteiger partial charge in [0.05, 0.1) is 11.5 Å². The number of rotatable bonds is 6. The Balaban J connectivity index is 1.54. The van der Waals surface area contributed by atoms with Crippen LogP contribution in [0, 0.1) is 0 Å². The summed E-state index contributed by atoms with van der Waals surface area (Å²) in [6.07, 6.45) is 3.50. The number of aromatic nitrogens is 4. The first-order valence-corrected chi connectivity index (χ1v) is 8.06. The highest BCUT2D eigenvalue weighted by Gasteiger charge is 2.26. The van der Waals surface area contributed by atoms with Gasteiger partial charge in [-0.1, -0.05) is 11.8 Å². The van der Waals surface area contributed by atoms with E-state index in [9.17, 15) is 9.59 Å². The monoisotopic (exact) mass is 336 g/mol. The number of hydrogen-bond acceptors (Lipinski definition) is 7. The zero-order valence-corrected chi connectivity index (χ0v) is 13.2. The second-order valence-corrected chi connectivity index (χ2v) is 6.50. The predicted molar refractivity (Wildman–Crippen MR) is 80.6 cm³/mol. The van der Waals surface area contributed by atoms with Gasteiger partial charge in [-0.05, 0) is 42.3 Å². The molecule has 2 aromatic heterocycles. The van der Waals surface area contributed by atoms with Crippen molar-refractivity contribution in [2.45, 2.75) is 42.8 Å². The van der Waals surface area contributed by atoms with Gasteiger partial charge in [0.25, 0.3) is 0 Å². The highest BCUT2D eigenvalue weighted by Crippen LogP contribution is 2.21. The fraction of sp³-hybridized carbons (Fsp3) is 0.462. The highest BCUT2D eigenvalue weighted by atomic mass is 32.2. The Labute approximate surface area is 136 Å². The normalized spacial score (nSPS) is 15.2. The standard InChI is InChI=1S/C13H16N6O3S/c1-8(11(20)15-12(21)14-9-4-5-9)23-13-16-17-18-19(13)7-10-3-2-6-22-10/h2-3,6,8-9H,4-5,7H2,1H3,(H2,14,15,20,21). The third-order valence-electron chi connectivity index (χ3n) is 3.19. The molecule has 1 saturated carbocycles. The van der Waals surface area contributed by atoms with Crippen LogP contribution in [0.1, 0.15) is 25.5 Å². The highest BCUT2D eigenvalue weighted by molar-refractivity contribution is 8.00. The fourth-order valence-electron chi connectivity index (χ4n) is 1.80. The largest absolute Gasteiger partial charge is 0.467 e. The summed E-state index contributed by atoms with van der Waals surface area (Å²) in [4.78, 5) is 23.6. The number of imide groups is 1. The number of nitrogens with one attached hydrogen (secondary N) is 2. The molecule has 0 aliphatic heterocycles. The van der Waals surface area contributed by atoms with E-state index in [1.807, 2.05) is 6.07 Å². The molecule has 0 aromatic carbocycles. The summed E-state index contributed by atoms with van der Waals surface area (Å²) in [5.74, 6) is 0.320. The van der Waals surface area contributed by atoms with Gasteiger partial charge in [0.15, 0.2) is 0 Å². The lowest BCUT2D eigenvalue weighted by atomic mass is 10.4. The van der Waals surface area contributed by atoms with Crippen molar-refractivity contribution in [2.75, 3.05) is 0 Å². The lowest BCUT2D eigenvalue weighted by Crippen LogP contribution is -2.43. The Hall–Kier alpha value is -2.36. The van der Waals surface area contributed by atoms with E-state index in [4.69, 9.17) is 4.42 Å². The molecule has 2 N–H and O–H groups in total. The van der Waals surface area contributed by atoms with Crippen molar-refractivity contribution in [3.8, 4) is 0 Å². The minimum Gasteiger partial charge on any atom is -0.467 e. The van der Waals surface area contributed by atoms with Crippen LogP contribution in [-0.2, 0) is 11.3 Å². The minimum atomic E-state index is -0.513. The van der Waals surface area contributed by atoms with Crippen molar-refractivity contribution in [3.05, 3.63) is 24.2 Å². The molecule has 122 valence electrons. The lowest BCUT2D eigenvalue weighted by Gasteiger charge is -2.11. The Morgan fingerprint density at radius 3 is 3.04 bits per heavy atom. The maximum absolute atomic E-state index is 12.0. The van der Waals surface area contributed by atoms with Gasteiger partial charge >= 0.3 is 6.03 Å². The number of thioether (sulfide) groups is 1. The molecular formula is C13H16N6O3S. The van der Waals surface area contributed by atoms with E-state index >= 15 is 0 Å². The van der Waals surface area contributed by atoms with Gasteiger partial charge in [-0.25, -0.2) is 9.48 Å². The molecule has 0 radical (unpaired) electrons. The molecule has 9 nitrogen and oxygen atoms in total. The molecule has 0 saturated heterocycles. The maximum atomic E-state index is 12.0. The maximum Gasteiger partial charge on any atom is 0.321 e. The lowest BCUT2D eigenvalue weighted by molar-refractivity contribution is -0.119. The van der Waals surface area contributed by atoms with Crippen molar-refractivity contribution in [1.29, 1.82) is 0 Å². The third-order valence-corrected chi connectivity index (χ3v) is 4.26. The van der Waals surface area contributed by atoms with Crippen LogP contribution < -0.4 is 10.6 Å². The molecule has 1 fully saturated rings. The van der Waals surface area contributed by atoms with Crippen molar-refractivity contribution in [1.82, 2.24) is 30.8 Å². The van der Waals surface area contributed by atoms with E-state index < -0.39 is 11.3 Å². The van der Waals surface area contributed by atoms with Gasteiger partial charge in [-0.15, -0.1) is 5.10 Å². The van der Waals surface area contributed by atoms with E-state index in [1.54, 1.807) is 19.3 Å². The van der Waals surface area contributed by atoms with E-state index in [2.05, 4.69) is 26.2 Å². The van der Waals surface area contributed by atoms with Crippen LogP contribution in [0.5, 0.6) is 0 Å². The van der Waals surface area contributed by atoms with E-state index in [1.165, 1.54) is 16.4 Å². The first-order chi connectivity index (χ1) is 11.1. The van der Waals surface area contributed by atoms with Crippen molar-refractivity contribution in [3.63, 3.8) is 0 Å². The number of tetrazole rings is 1. The first-order valence-electron chi connectivity index (χ1n) is 7.18. The topological polar surface area (TPSA) is 115 Å². The summed E-state index contributed by atoms with van der Waals surface area (Å²) in [5.41, 5.74) is 0. The van der Waals surface area contributed by atoms with Gasteiger partial charge in [0.1, 0.15) is 12.3 Å².